The van der Waals surface area contributed by atoms with Crippen LogP contribution in [-0.4, -0.2) is 5.12 Å². The molecule has 0 aliphatic heterocycles. The lowest BCUT2D eigenvalue weighted by Gasteiger charge is -2.24. The fourth-order valence-electron chi connectivity index (χ4n) is 2.61. The topological polar surface area (TPSA) is 17.1 Å². The first-order valence-corrected chi connectivity index (χ1v) is 7.12. The number of thiol groups is 1. The van der Waals surface area contributed by atoms with Gasteiger partial charge in [0.1, 0.15) is 0 Å². The second kappa shape index (κ2) is 5.92. The zero-order valence-corrected chi connectivity index (χ0v) is 13.1. The maximum atomic E-state index is 11.7. The van der Waals surface area contributed by atoms with Crippen molar-refractivity contribution in [2.75, 3.05) is 0 Å². The molecule has 0 fully saturated rings. The minimum absolute atomic E-state index is 0.129. The molecule has 100 valence electrons. The van der Waals surface area contributed by atoms with Crippen molar-refractivity contribution in [2.45, 2.75) is 59.3 Å². The highest BCUT2D eigenvalue weighted by Gasteiger charge is 2.21. The van der Waals surface area contributed by atoms with E-state index in [0.717, 1.165) is 5.56 Å². The molecular formula is C16H24OS. The third kappa shape index (κ3) is 2.97. The Bertz CT molecular complexity index is 445. The lowest BCUT2D eigenvalue weighted by molar-refractivity contribution is 0.109. The Morgan fingerprint density at radius 1 is 0.889 bits per heavy atom. The van der Waals surface area contributed by atoms with Gasteiger partial charge in [-0.2, -0.15) is 0 Å². The quantitative estimate of drug-likeness (QED) is 0.746. The van der Waals surface area contributed by atoms with Gasteiger partial charge in [0.2, 0.25) is 5.12 Å². The molecule has 1 rings (SSSR count). The Labute approximate surface area is 116 Å². The van der Waals surface area contributed by atoms with Crippen LogP contribution in [-0.2, 0) is 0 Å². The molecule has 1 aromatic rings. The van der Waals surface area contributed by atoms with Gasteiger partial charge in [-0.25, -0.2) is 0 Å². The first kappa shape index (κ1) is 15.3. The van der Waals surface area contributed by atoms with Crippen molar-refractivity contribution in [3.63, 3.8) is 0 Å². The highest BCUT2D eigenvalue weighted by Crippen LogP contribution is 2.36. The monoisotopic (exact) mass is 264 g/mol. The smallest absolute Gasteiger partial charge is 0.216 e. The number of hydrogen-bond donors (Lipinski definition) is 1. The van der Waals surface area contributed by atoms with E-state index < -0.39 is 0 Å². The molecule has 0 aliphatic carbocycles. The Hall–Kier alpha value is -0.760. The molecule has 18 heavy (non-hydrogen) atoms. The molecule has 2 heteroatoms. The average Bonchev–Trinajstić information content (AvgIpc) is 2.26. The van der Waals surface area contributed by atoms with Gasteiger partial charge in [-0.3, -0.25) is 4.79 Å². The van der Waals surface area contributed by atoms with E-state index in [-0.39, 0.29) is 5.12 Å². The molecular weight excluding hydrogens is 240 g/mol. The van der Waals surface area contributed by atoms with Crippen LogP contribution in [0.5, 0.6) is 0 Å². The predicted molar refractivity (Wildman–Crippen MR) is 82.0 cm³/mol. The van der Waals surface area contributed by atoms with Gasteiger partial charge in [0.25, 0.3) is 0 Å². The van der Waals surface area contributed by atoms with Crippen molar-refractivity contribution in [1.29, 1.82) is 0 Å². The van der Waals surface area contributed by atoms with Crippen LogP contribution < -0.4 is 0 Å². The zero-order chi connectivity index (χ0) is 14.0. The Balaban J connectivity index is 3.65. The highest BCUT2D eigenvalue weighted by molar-refractivity contribution is 7.97. The van der Waals surface area contributed by atoms with Crippen molar-refractivity contribution >= 4 is 17.7 Å². The van der Waals surface area contributed by atoms with Gasteiger partial charge < -0.3 is 0 Å². The van der Waals surface area contributed by atoms with Crippen molar-refractivity contribution < 1.29 is 4.79 Å². The summed E-state index contributed by atoms with van der Waals surface area (Å²) in [5.74, 6) is 1.24. The van der Waals surface area contributed by atoms with E-state index in [1.54, 1.807) is 0 Å². The zero-order valence-electron chi connectivity index (χ0n) is 12.2. The van der Waals surface area contributed by atoms with E-state index in [4.69, 9.17) is 0 Å². The van der Waals surface area contributed by atoms with Crippen LogP contribution in [0.3, 0.4) is 0 Å². The number of rotatable bonds is 4. The summed E-state index contributed by atoms with van der Waals surface area (Å²) in [6.45, 7) is 13.1. The Morgan fingerprint density at radius 3 is 1.72 bits per heavy atom. The van der Waals surface area contributed by atoms with Crippen LogP contribution in [0.25, 0.3) is 0 Å². The third-order valence-electron chi connectivity index (χ3n) is 3.33. The van der Waals surface area contributed by atoms with Gasteiger partial charge >= 0.3 is 0 Å². The van der Waals surface area contributed by atoms with Crippen molar-refractivity contribution in [3.8, 4) is 0 Å². The van der Waals surface area contributed by atoms with Crippen LogP contribution in [0.1, 0.15) is 86.3 Å². The lowest BCUT2D eigenvalue weighted by atomic mass is 9.81. The number of benzene rings is 1. The molecule has 0 heterocycles. The van der Waals surface area contributed by atoms with Gasteiger partial charge in [0, 0.05) is 5.56 Å². The molecule has 0 bridgehead atoms. The second-order valence-corrected chi connectivity index (χ2v) is 6.21. The van der Waals surface area contributed by atoms with Gasteiger partial charge in [0.15, 0.2) is 0 Å². The summed E-state index contributed by atoms with van der Waals surface area (Å²) < 4.78 is 0. The third-order valence-corrected chi connectivity index (χ3v) is 3.57. The summed E-state index contributed by atoms with van der Waals surface area (Å²) >= 11 is 4.01. The molecule has 0 atom stereocenters. The first-order valence-electron chi connectivity index (χ1n) is 6.67. The SMILES string of the molecule is CC(C)c1ccc(C(=O)S)c(C(C)C)c1C(C)C. The van der Waals surface area contributed by atoms with E-state index in [0.29, 0.717) is 17.8 Å². The van der Waals surface area contributed by atoms with Crippen LogP contribution in [0.2, 0.25) is 0 Å². The van der Waals surface area contributed by atoms with Crippen LogP contribution in [0.4, 0.5) is 0 Å². The molecule has 0 unspecified atom stereocenters. The van der Waals surface area contributed by atoms with E-state index in [1.807, 2.05) is 6.07 Å². The standard InChI is InChI=1S/C16H24OS/c1-9(2)12-7-8-13(16(17)18)15(11(5)6)14(12)10(3)4/h7-11H,1-6H3,(H,17,18). The Kier molecular flexibility index (Phi) is 5.03. The summed E-state index contributed by atoms with van der Waals surface area (Å²) in [7, 11) is 0. The van der Waals surface area contributed by atoms with Gasteiger partial charge in [-0.05, 0) is 40.5 Å². The molecule has 0 aromatic heterocycles. The molecule has 0 spiro atoms. The van der Waals surface area contributed by atoms with E-state index >= 15 is 0 Å². The van der Waals surface area contributed by atoms with Crippen molar-refractivity contribution in [2.24, 2.45) is 0 Å². The van der Waals surface area contributed by atoms with E-state index in [1.165, 1.54) is 16.7 Å². The Morgan fingerprint density at radius 2 is 1.39 bits per heavy atom. The summed E-state index contributed by atoms with van der Waals surface area (Å²) in [4.78, 5) is 11.7. The van der Waals surface area contributed by atoms with Gasteiger partial charge in [0.05, 0.1) is 0 Å². The number of carbonyl (C=O) groups is 1. The summed E-state index contributed by atoms with van der Waals surface area (Å²) in [5, 5.41) is -0.129. The van der Waals surface area contributed by atoms with E-state index in [2.05, 4.69) is 60.2 Å². The average molecular weight is 264 g/mol. The summed E-state index contributed by atoms with van der Waals surface area (Å²) in [6.07, 6.45) is 0. The number of hydrogen-bond acceptors (Lipinski definition) is 1. The molecule has 0 amide bonds. The van der Waals surface area contributed by atoms with Crippen LogP contribution in [0, 0.1) is 0 Å². The second-order valence-electron chi connectivity index (χ2n) is 5.80. The highest BCUT2D eigenvalue weighted by atomic mass is 32.1. The van der Waals surface area contributed by atoms with E-state index in [9.17, 15) is 4.79 Å². The van der Waals surface area contributed by atoms with Gasteiger partial charge in [-0.15, -0.1) is 12.6 Å². The fourth-order valence-corrected chi connectivity index (χ4v) is 2.80. The minimum Gasteiger partial charge on any atom is -0.282 e. The molecule has 0 N–H and O–H groups in total. The lowest BCUT2D eigenvalue weighted by Crippen LogP contribution is -2.10. The van der Waals surface area contributed by atoms with Crippen LogP contribution in [0.15, 0.2) is 12.1 Å². The normalized spacial score (nSPS) is 11.7. The molecule has 0 saturated heterocycles. The summed E-state index contributed by atoms with van der Waals surface area (Å²) in [5.41, 5.74) is 4.63. The van der Waals surface area contributed by atoms with Crippen molar-refractivity contribution in [1.82, 2.24) is 0 Å². The summed E-state index contributed by atoms with van der Waals surface area (Å²) in [6, 6.07) is 4.03. The van der Waals surface area contributed by atoms with Crippen molar-refractivity contribution in [3.05, 3.63) is 34.4 Å². The molecule has 1 aromatic carbocycles. The molecule has 0 aliphatic rings. The van der Waals surface area contributed by atoms with Crippen LogP contribution >= 0.6 is 12.6 Å². The van der Waals surface area contributed by atoms with Gasteiger partial charge in [-0.1, -0.05) is 47.6 Å². The molecule has 0 saturated carbocycles. The fraction of sp³-hybridized carbons (Fsp3) is 0.562. The molecule has 1 nitrogen and oxygen atoms in total. The minimum atomic E-state index is -0.129. The molecule has 0 radical (unpaired) electrons. The predicted octanol–water partition coefficient (Wildman–Crippen LogP) is 5.13. The maximum absolute atomic E-state index is 11.7. The maximum Gasteiger partial charge on any atom is 0.216 e. The number of carbonyl (C=O) groups excluding carboxylic acids is 1. The largest absolute Gasteiger partial charge is 0.282 e. The first-order chi connectivity index (χ1) is 8.27.